The van der Waals surface area contributed by atoms with Gasteiger partial charge in [-0.15, -0.1) is 11.3 Å². The second kappa shape index (κ2) is 10.5. The minimum Gasteiger partial charge on any atom is -0.355 e. The fourth-order valence-electron chi connectivity index (χ4n) is 4.91. The summed E-state index contributed by atoms with van der Waals surface area (Å²) in [5.41, 5.74) is -1.46. The Morgan fingerprint density at radius 2 is 1.86 bits per heavy atom. The van der Waals surface area contributed by atoms with Gasteiger partial charge in [-0.2, -0.15) is 13.2 Å². The molecule has 0 unspecified atom stereocenters. The molecule has 0 bridgehead atoms. The van der Waals surface area contributed by atoms with Gasteiger partial charge in [-0.05, 0) is 57.0 Å². The van der Waals surface area contributed by atoms with Crippen LogP contribution in [0.5, 0.6) is 0 Å². The third kappa shape index (κ3) is 5.58. The number of carbonyl (C=O) groups excluding carboxylic acids is 1. The fraction of sp³-hybridized carbons (Fsp3) is 0.400. The maximum atomic E-state index is 14.5. The zero-order valence-electron chi connectivity index (χ0n) is 19.7. The minimum absolute atomic E-state index is 0.00672. The van der Waals surface area contributed by atoms with E-state index in [0.717, 1.165) is 43.3 Å². The van der Waals surface area contributed by atoms with Crippen molar-refractivity contribution in [1.29, 1.82) is 0 Å². The maximum absolute atomic E-state index is 14.5. The quantitative estimate of drug-likeness (QED) is 0.374. The number of piperidine rings is 1. The van der Waals surface area contributed by atoms with Gasteiger partial charge in [0, 0.05) is 36.3 Å². The molecular formula is C25H24ClF4N5OS. The molecule has 1 amide bonds. The van der Waals surface area contributed by atoms with Crippen molar-refractivity contribution in [3.8, 4) is 11.3 Å². The van der Waals surface area contributed by atoms with Gasteiger partial charge in [0.25, 0.3) is 5.91 Å². The normalized spacial score (nSPS) is 17.4. The summed E-state index contributed by atoms with van der Waals surface area (Å²) in [7, 11) is 0. The number of amides is 1. The molecule has 0 atom stereocenters. The van der Waals surface area contributed by atoms with E-state index in [2.05, 4.69) is 25.1 Å². The summed E-state index contributed by atoms with van der Waals surface area (Å²) in [5, 5.41) is 4.44. The zero-order chi connectivity index (χ0) is 26.2. The Kier molecular flexibility index (Phi) is 7.37. The average Bonchev–Trinajstić information content (AvgIpc) is 3.56. The number of aromatic nitrogens is 2. The minimum atomic E-state index is -4.82. The molecular weight excluding hydrogens is 530 g/mol. The van der Waals surface area contributed by atoms with Gasteiger partial charge in [0.2, 0.25) is 0 Å². The Labute approximate surface area is 220 Å². The molecule has 2 fully saturated rings. The van der Waals surface area contributed by atoms with Crippen molar-refractivity contribution >= 4 is 39.8 Å². The van der Waals surface area contributed by atoms with Crippen molar-refractivity contribution in [3.05, 3.63) is 57.8 Å². The van der Waals surface area contributed by atoms with Gasteiger partial charge in [-0.25, -0.2) is 14.4 Å². The number of pyridine rings is 1. The lowest BCUT2D eigenvalue weighted by Crippen LogP contribution is -2.44. The number of halogens is 5. The van der Waals surface area contributed by atoms with E-state index in [1.165, 1.54) is 49.6 Å². The van der Waals surface area contributed by atoms with Crippen LogP contribution >= 0.6 is 22.9 Å². The maximum Gasteiger partial charge on any atom is 0.419 e. The SMILES string of the molecule is O=C(Nc1nc(-c2cccc(C(F)(F)F)c2F)cs1)c1cnc(N2CCC(N3CCCC3)CC2)c(Cl)c1. The van der Waals surface area contributed by atoms with Crippen LogP contribution < -0.4 is 10.2 Å². The molecule has 2 aromatic heterocycles. The highest BCUT2D eigenvalue weighted by atomic mass is 35.5. The summed E-state index contributed by atoms with van der Waals surface area (Å²) in [6.07, 6.45) is 1.22. The van der Waals surface area contributed by atoms with Gasteiger partial charge >= 0.3 is 6.18 Å². The predicted molar refractivity (Wildman–Crippen MR) is 136 cm³/mol. The Bertz CT molecular complexity index is 1290. The Hall–Kier alpha value is -2.76. The first-order valence-electron chi connectivity index (χ1n) is 12.0. The highest BCUT2D eigenvalue weighted by molar-refractivity contribution is 7.14. The lowest BCUT2D eigenvalue weighted by atomic mass is 10.0. The van der Waals surface area contributed by atoms with Crippen molar-refractivity contribution in [2.45, 2.75) is 37.9 Å². The molecule has 2 saturated heterocycles. The number of benzene rings is 1. The molecule has 37 heavy (non-hydrogen) atoms. The van der Waals surface area contributed by atoms with Gasteiger partial charge in [-0.3, -0.25) is 10.1 Å². The van der Waals surface area contributed by atoms with Crippen LogP contribution in [0.25, 0.3) is 11.3 Å². The van der Waals surface area contributed by atoms with E-state index in [-0.39, 0.29) is 22.0 Å². The largest absolute Gasteiger partial charge is 0.419 e. The number of rotatable bonds is 5. The van der Waals surface area contributed by atoms with Crippen LogP contribution in [0.15, 0.2) is 35.8 Å². The first-order valence-corrected chi connectivity index (χ1v) is 13.2. The van der Waals surface area contributed by atoms with Crippen LogP contribution in [0.2, 0.25) is 5.02 Å². The first-order chi connectivity index (χ1) is 17.7. The standard InChI is InChI=1S/C25H24ClF4N5OS/c26-19-12-15(13-31-22(19)35-10-6-16(7-11-35)34-8-1-2-9-34)23(36)33-24-32-20(14-37-24)17-4-3-5-18(21(17)27)25(28,29)30/h3-5,12-14,16H,1-2,6-11H2,(H,32,33,36). The summed E-state index contributed by atoms with van der Waals surface area (Å²) in [6, 6.07) is 5.12. The Morgan fingerprint density at radius 3 is 2.54 bits per heavy atom. The Morgan fingerprint density at radius 1 is 1.14 bits per heavy atom. The number of nitrogens with zero attached hydrogens (tertiary/aromatic N) is 4. The van der Waals surface area contributed by atoms with E-state index < -0.39 is 23.5 Å². The number of anilines is 2. The van der Waals surface area contributed by atoms with E-state index in [1.54, 1.807) is 0 Å². The number of likely N-dealkylation sites (tertiary alicyclic amines) is 1. The van der Waals surface area contributed by atoms with Gasteiger partial charge in [0.15, 0.2) is 5.13 Å². The second-order valence-corrected chi connectivity index (χ2v) is 10.4. The van der Waals surface area contributed by atoms with Crippen molar-refractivity contribution in [2.24, 2.45) is 0 Å². The van der Waals surface area contributed by atoms with Crippen LogP contribution in [0, 0.1) is 5.82 Å². The van der Waals surface area contributed by atoms with Gasteiger partial charge in [0.05, 0.1) is 21.8 Å². The van der Waals surface area contributed by atoms with E-state index in [0.29, 0.717) is 22.9 Å². The zero-order valence-corrected chi connectivity index (χ0v) is 21.3. The number of hydrogen-bond donors (Lipinski definition) is 1. The van der Waals surface area contributed by atoms with Gasteiger partial charge in [0.1, 0.15) is 11.6 Å². The summed E-state index contributed by atoms with van der Waals surface area (Å²) >= 11 is 7.46. The van der Waals surface area contributed by atoms with E-state index in [4.69, 9.17) is 11.6 Å². The lowest BCUT2D eigenvalue weighted by molar-refractivity contribution is -0.139. The molecule has 196 valence electrons. The molecule has 0 aliphatic carbocycles. The molecule has 1 N–H and O–H groups in total. The molecule has 2 aliphatic heterocycles. The summed E-state index contributed by atoms with van der Waals surface area (Å²) in [6.45, 7) is 4.02. The number of alkyl halides is 3. The monoisotopic (exact) mass is 553 g/mol. The number of nitrogens with one attached hydrogen (secondary N) is 1. The van der Waals surface area contributed by atoms with Crippen LogP contribution in [0.4, 0.5) is 28.5 Å². The third-order valence-electron chi connectivity index (χ3n) is 6.81. The van der Waals surface area contributed by atoms with Crippen LogP contribution in [-0.2, 0) is 6.18 Å². The third-order valence-corrected chi connectivity index (χ3v) is 7.85. The lowest BCUT2D eigenvalue weighted by Gasteiger charge is -2.37. The topological polar surface area (TPSA) is 61.4 Å². The van der Waals surface area contributed by atoms with E-state index in [1.807, 2.05) is 0 Å². The van der Waals surface area contributed by atoms with Crippen molar-refractivity contribution in [3.63, 3.8) is 0 Å². The Balaban J connectivity index is 1.24. The molecule has 12 heteroatoms. The molecule has 0 spiro atoms. The summed E-state index contributed by atoms with van der Waals surface area (Å²) in [4.78, 5) is 26.0. The molecule has 3 aromatic rings. The molecule has 4 heterocycles. The highest BCUT2D eigenvalue weighted by Gasteiger charge is 2.35. The molecule has 5 rings (SSSR count). The number of carbonyl (C=O) groups is 1. The fourth-order valence-corrected chi connectivity index (χ4v) is 5.90. The van der Waals surface area contributed by atoms with Gasteiger partial charge in [-0.1, -0.05) is 17.7 Å². The van der Waals surface area contributed by atoms with Crippen molar-refractivity contribution in [1.82, 2.24) is 14.9 Å². The van der Waals surface area contributed by atoms with Crippen molar-refractivity contribution in [2.75, 3.05) is 36.4 Å². The summed E-state index contributed by atoms with van der Waals surface area (Å²) in [5.74, 6) is -1.30. The van der Waals surface area contributed by atoms with Crippen LogP contribution in [0.3, 0.4) is 0 Å². The number of thiazole rings is 1. The molecule has 0 saturated carbocycles. The van der Waals surface area contributed by atoms with Gasteiger partial charge < -0.3 is 9.80 Å². The van der Waals surface area contributed by atoms with Crippen molar-refractivity contribution < 1.29 is 22.4 Å². The predicted octanol–water partition coefficient (Wildman–Crippen LogP) is 6.33. The van der Waals surface area contributed by atoms with E-state index in [9.17, 15) is 22.4 Å². The molecule has 2 aliphatic rings. The average molecular weight is 554 g/mol. The van der Waals surface area contributed by atoms with Crippen LogP contribution in [0.1, 0.15) is 41.6 Å². The van der Waals surface area contributed by atoms with Crippen LogP contribution in [-0.4, -0.2) is 53.0 Å². The smallest absolute Gasteiger partial charge is 0.355 e. The van der Waals surface area contributed by atoms with E-state index >= 15 is 0 Å². The summed E-state index contributed by atoms with van der Waals surface area (Å²) < 4.78 is 53.6. The molecule has 0 radical (unpaired) electrons. The molecule has 1 aromatic carbocycles. The molecule has 6 nitrogen and oxygen atoms in total. The first kappa shape index (κ1) is 25.9. The highest BCUT2D eigenvalue weighted by Crippen LogP contribution is 2.36. The second-order valence-electron chi connectivity index (χ2n) is 9.15. The number of hydrogen-bond acceptors (Lipinski definition) is 6.